The van der Waals surface area contributed by atoms with Crippen LogP contribution in [-0.2, 0) is 9.53 Å². The van der Waals surface area contributed by atoms with Crippen molar-refractivity contribution in [3.8, 4) is 0 Å². The molecular weight excluding hydrogens is 152 g/mol. The maximum absolute atomic E-state index is 10.0. The molecule has 2 atom stereocenters. The third-order valence-electron chi connectivity index (χ3n) is 1.05. The lowest BCUT2D eigenvalue weighted by molar-refractivity contribution is -0.123. The lowest BCUT2D eigenvalue weighted by Crippen LogP contribution is -2.27. The molecule has 0 aliphatic carbocycles. The van der Waals surface area contributed by atoms with Gasteiger partial charge >= 0.3 is 0 Å². The molecule has 0 heterocycles. The molecule has 0 spiro atoms. The van der Waals surface area contributed by atoms with Gasteiger partial charge in [-0.2, -0.15) is 0 Å². The molecule has 0 aromatic carbocycles. The maximum Gasteiger partial charge on any atom is 0.151 e. The number of rotatable bonds is 6. The molecule has 66 valence electrons. The first kappa shape index (κ1) is 10.5. The van der Waals surface area contributed by atoms with Crippen molar-refractivity contribution >= 4 is 6.29 Å². The number of ether oxygens (including phenoxy) is 1. The molecule has 0 fully saturated rings. The smallest absolute Gasteiger partial charge is 0.151 e. The molecule has 0 radical (unpaired) electrons. The predicted octanol–water partition coefficient (Wildman–Crippen LogP) is -2.08. The van der Waals surface area contributed by atoms with Gasteiger partial charge in [-0.3, -0.25) is 0 Å². The van der Waals surface area contributed by atoms with E-state index in [1.54, 1.807) is 0 Å². The van der Waals surface area contributed by atoms with Gasteiger partial charge < -0.3 is 24.9 Å². The van der Waals surface area contributed by atoms with Crippen LogP contribution in [0.15, 0.2) is 0 Å². The van der Waals surface area contributed by atoms with E-state index in [4.69, 9.17) is 15.3 Å². The van der Waals surface area contributed by atoms with E-state index >= 15 is 0 Å². The van der Waals surface area contributed by atoms with Crippen molar-refractivity contribution in [2.75, 3.05) is 19.8 Å². The molecule has 5 heteroatoms. The van der Waals surface area contributed by atoms with Crippen LogP contribution in [0.2, 0.25) is 0 Å². The normalized spacial score (nSPS) is 15.9. The molecule has 0 rings (SSSR count). The predicted molar refractivity (Wildman–Crippen MR) is 36.0 cm³/mol. The highest BCUT2D eigenvalue weighted by Crippen LogP contribution is 1.89. The summed E-state index contributed by atoms with van der Waals surface area (Å²) in [5.41, 5.74) is 0. The van der Waals surface area contributed by atoms with E-state index in [2.05, 4.69) is 4.74 Å². The van der Waals surface area contributed by atoms with Gasteiger partial charge in [-0.25, -0.2) is 0 Å². The molecule has 0 bridgehead atoms. The van der Waals surface area contributed by atoms with Gasteiger partial charge in [0.2, 0.25) is 0 Å². The van der Waals surface area contributed by atoms with E-state index in [9.17, 15) is 4.79 Å². The number of aldehydes is 1. The average molecular weight is 164 g/mol. The fraction of sp³-hybridized carbons (Fsp3) is 0.833. The summed E-state index contributed by atoms with van der Waals surface area (Å²) in [6.07, 6.45) is -1.47. The van der Waals surface area contributed by atoms with Gasteiger partial charge in [-0.15, -0.1) is 0 Å². The van der Waals surface area contributed by atoms with E-state index in [0.29, 0.717) is 6.29 Å². The second-order valence-corrected chi connectivity index (χ2v) is 2.03. The molecule has 0 aliphatic heterocycles. The maximum atomic E-state index is 10.0. The lowest BCUT2D eigenvalue weighted by Gasteiger charge is -2.11. The first-order valence-corrected chi connectivity index (χ1v) is 3.21. The number of aliphatic hydroxyl groups is 3. The van der Waals surface area contributed by atoms with Crippen LogP contribution in [-0.4, -0.2) is 53.6 Å². The van der Waals surface area contributed by atoms with Gasteiger partial charge in [0.15, 0.2) is 6.29 Å². The average Bonchev–Trinajstić information content (AvgIpc) is 2.06. The van der Waals surface area contributed by atoms with Gasteiger partial charge in [0.1, 0.15) is 12.2 Å². The first-order valence-electron chi connectivity index (χ1n) is 3.21. The Morgan fingerprint density at radius 1 is 1.36 bits per heavy atom. The lowest BCUT2D eigenvalue weighted by atomic mass is 10.4. The third-order valence-corrected chi connectivity index (χ3v) is 1.05. The van der Waals surface area contributed by atoms with Crippen LogP contribution in [0.25, 0.3) is 0 Å². The highest BCUT2D eigenvalue weighted by Gasteiger charge is 2.08. The largest absolute Gasteiger partial charge is 0.394 e. The summed E-state index contributed by atoms with van der Waals surface area (Å²) in [6.45, 7) is -0.987. The zero-order valence-corrected chi connectivity index (χ0v) is 6.01. The zero-order valence-electron chi connectivity index (χ0n) is 6.01. The Labute approximate surface area is 64.2 Å². The Hall–Kier alpha value is -0.490. The van der Waals surface area contributed by atoms with Crippen LogP contribution in [0, 0.1) is 0 Å². The standard InChI is InChI=1S/C6H12O5/c7-1-5(10)4-11-6(2-8)3-9/h2,5-7,9-10H,1,3-4H2. The van der Waals surface area contributed by atoms with Crippen molar-refractivity contribution in [1.82, 2.24) is 0 Å². The number of hydrogen-bond acceptors (Lipinski definition) is 5. The molecule has 0 saturated heterocycles. The van der Waals surface area contributed by atoms with Gasteiger partial charge in [-0.05, 0) is 0 Å². The Balaban J connectivity index is 3.41. The number of carbonyl (C=O) groups excluding carboxylic acids is 1. The Kier molecular flexibility index (Phi) is 5.96. The topological polar surface area (TPSA) is 87.0 Å². The minimum Gasteiger partial charge on any atom is -0.394 e. The van der Waals surface area contributed by atoms with E-state index in [-0.39, 0.29) is 6.61 Å². The van der Waals surface area contributed by atoms with E-state index < -0.39 is 25.4 Å². The fourth-order valence-electron chi connectivity index (χ4n) is 0.422. The van der Waals surface area contributed by atoms with Gasteiger partial charge in [0.05, 0.1) is 19.8 Å². The minimum atomic E-state index is -0.996. The summed E-state index contributed by atoms with van der Waals surface area (Å²) in [5.74, 6) is 0. The van der Waals surface area contributed by atoms with Gasteiger partial charge in [-0.1, -0.05) is 0 Å². The van der Waals surface area contributed by atoms with Crippen LogP contribution < -0.4 is 0 Å². The number of aliphatic hydroxyl groups excluding tert-OH is 3. The van der Waals surface area contributed by atoms with Crippen LogP contribution in [0.1, 0.15) is 0 Å². The SMILES string of the molecule is O=CC(CO)OCC(O)CO. The second kappa shape index (κ2) is 6.23. The van der Waals surface area contributed by atoms with Crippen molar-refractivity contribution < 1.29 is 24.9 Å². The molecule has 3 N–H and O–H groups in total. The minimum absolute atomic E-state index is 0.152. The Morgan fingerprint density at radius 3 is 2.36 bits per heavy atom. The van der Waals surface area contributed by atoms with Crippen molar-refractivity contribution in [2.45, 2.75) is 12.2 Å². The summed E-state index contributed by atoms with van der Waals surface area (Å²) in [7, 11) is 0. The molecule has 0 saturated carbocycles. The van der Waals surface area contributed by atoms with Crippen molar-refractivity contribution in [3.05, 3.63) is 0 Å². The molecule has 0 aliphatic rings. The summed E-state index contributed by atoms with van der Waals surface area (Å²) in [4.78, 5) is 10.0. The van der Waals surface area contributed by atoms with Crippen molar-refractivity contribution in [3.63, 3.8) is 0 Å². The molecule has 0 amide bonds. The van der Waals surface area contributed by atoms with E-state index in [1.807, 2.05) is 0 Å². The van der Waals surface area contributed by atoms with Crippen LogP contribution in [0.3, 0.4) is 0 Å². The van der Waals surface area contributed by atoms with Gasteiger partial charge in [0, 0.05) is 0 Å². The highest BCUT2D eigenvalue weighted by atomic mass is 16.5. The monoisotopic (exact) mass is 164 g/mol. The summed E-state index contributed by atoms with van der Waals surface area (Å²) in [6, 6.07) is 0. The summed E-state index contributed by atoms with van der Waals surface area (Å²) >= 11 is 0. The number of carbonyl (C=O) groups is 1. The summed E-state index contributed by atoms with van der Waals surface area (Å²) < 4.78 is 4.67. The van der Waals surface area contributed by atoms with Gasteiger partial charge in [0.25, 0.3) is 0 Å². The zero-order chi connectivity index (χ0) is 8.69. The highest BCUT2D eigenvalue weighted by molar-refractivity contribution is 5.55. The second-order valence-electron chi connectivity index (χ2n) is 2.03. The van der Waals surface area contributed by atoms with Crippen LogP contribution >= 0.6 is 0 Å². The van der Waals surface area contributed by atoms with Crippen LogP contribution in [0.5, 0.6) is 0 Å². The van der Waals surface area contributed by atoms with Crippen molar-refractivity contribution in [2.24, 2.45) is 0 Å². The molecule has 11 heavy (non-hydrogen) atoms. The Morgan fingerprint density at radius 2 is 2.00 bits per heavy atom. The number of hydrogen-bond donors (Lipinski definition) is 3. The molecule has 5 nitrogen and oxygen atoms in total. The van der Waals surface area contributed by atoms with E-state index in [1.165, 1.54) is 0 Å². The molecular formula is C6H12O5. The molecule has 0 aromatic rings. The van der Waals surface area contributed by atoms with Crippen molar-refractivity contribution in [1.29, 1.82) is 0 Å². The first-order chi connectivity index (χ1) is 5.24. The fourth-order valence-corrected chi connectivity index (χ4v) is 0.422. The quantitative estimate of drug-likeness (QED) is 0.392. The molecule has 2 unspecified atom stereocenters. The third kappa shape index (κ3) is 4.86. The van der Waals surface area contributed by atoms with E-state index in [0.717, 1.165) is 0 Å². The molecule has 0 aromatic heterocycles. The Bertz CT molecular complexity index is 105. The van der Waals surface area contributed by atoms with Crippen LogP contribution in [0.4, 0.5) is 0 Å². The summed E-state index contributed by atoms with van der Waals surface area (Å²) in [5, 5.41) is 25.4.